The Hall–Kier alpha value is -3.37. The van der Waals surface area contributed by atoms with Crippen LogP contribution in [-0.4, -0.2) is 120 Å². The Balaban J connectivity index is 1.26. The number of nitrogens with one attached hydrogen (secondary N) is 1. The lowest BCUT2D eigenvalue weighted by molar-refractivity contribution is -0.136. The summed E-state index contributed by atoms with van der Waals surface area (Å²) in [6, 6.07) is 5.88. The number of sulfonamides is 1. The number of H-pyrrole nitrogens is 1. The van der Waals surface area contributed by atoms with Crippen LogP contribution in [-0.2, 0) is 42.8 Å². The maximum atomic E-state index is 13.8. The first-order valence-electron chi connectivity index (χ1n) is 13.9. The van der Waals surface area contributed by atoms with E-state index in [0.717, 1.165) is 15.6 Å². The molecule has 5 heterocycles. The highest BCUT2D eigenvalue weighted by Crippen LogP contribution is 2.30. The summed E-state index contributed by atoms with van der Waals surface area (Å²) in [6.45, 7) is 1.42. The van der Waals surface area contributed by atoms with E-state index in [2.05, 4.69) is 15.9 Å². The second kappa shape index (κ2) is 11.9. The van der Waals surface area contributed by atoms with Gasteiger partial charge in [0.05, 0.1) is 31.5 Å². The van der Waals surface area contributed by atoms with Gasteiger partial charge in [-0.2, -0.15) is 17.0 Å². The van der Waals surface area contributed by atoms with Crippen LogP contribution in [0.5, 0.6) is 0 Å². The zero-order chi connectivity index (χ0) is 31.2. The number of hydrogen-bond acceptors (Lipinski definition) is 9. The highest BCUT2D eigenvalue weighted by molar-refractivity contribution is 7.89. The van der Waals surface area contributed by atoms with Crippen LogP contribution in [0.25, 0.3) is 10.9 Å². The first-order valence-corrected chi connectivity index (χ1v) is 17.6. The van der Waals surface area contributed by atoms with Crippen molar-refractivity contribution in [2.75, 3.05) is 52.5 Å². The van der Waals surface area contributed by atoms with Crippen molar-refractivity contribution < 1.29 is 35.7 Å². The van der Waals surface area contributed by atoms with Gasteiger partial charge in [-0.1, -0.05) is 5.92 Å². The molecule has 1 atom stereocenters. The minimum Gasteiger partial charge on any atom is -0.378 e. The zero-order valence-corrected chi connectivity index (χ0v) is 26.0. The van der Waals surface area contributed by atoms with E-state index in [1.807, 2.05) is 0 Å². The number of piperazine rings is 1. The molecule has 14 nitrogen and oxygen atoms in total. The Morgan fingerprint density at radius 3 is 2.59 bits per heavy atom. The topological polar surface area (TPSA) is 174 Å². The fourth-order valence-electron chi connectivity index (χ4n) is 5.69. The first kappa shape index (κ1) is 30.6. The molecule has 3 aliphatic rings. The third-order valence-electron chi connectivity index (χ3n) is 8.07. The van der Waals surface area contributed by atoms with Crippen molar-refractivity contribution in [2.45, 2.75) is 30.5 Å². The monoisotopic (exact) mass is 662 g/mol. The second-order valence-electron chi connectivity index (χ2n) is 10.7. The molecule has 3 aliphatic heterocycles. The lowest BCUT2D eigenvalue weighted by atomic mass is 10.1. The Morgan fingerprint density at radius 2 is 1.86 bits per heavy atom. The van der Waals surface area contributed by atoms with Gasteiger partial charge in [0.2, 0.25) is 5.91 Å². The van der Waals surface area contributed by atoms with Crippen molar-refractivity contribution in [1.29, 1.82) is 0 Å². The Morgan fingerprint density at radius 1 is 1.09 bits per heavy atom. The van der Waals surface area contributed by atoms with Crippen LogP contribution in [0.2, 0.25) is 0 Å². The number of nitrogens with zero attached hydrogens (tertiary/aromatic N) is 5. The van der Waals surface area contributed by atoms with E-state index < -0.39 is 32.3 Å². The molecule has 234 valence electrons. The lowest BCUT2D eigenvalue weighted by Crippen LogP contribution is -2.58. The van der Waals surface area contributed by atoms with Gasteiger partial charge in [0.25, 0.3) is 15.9 Å². The molecule has 2 fully saturated rings. The predicted octanol–water partition coefficient (Wildman–Crippen LogP) is 0.531. The molecule has 0 bridgehead atoms. The molecular formula is C27H30N6O8S3. The molecule has 0 aliphatic carbocycles. The van der Waals surface area contributed by atoms with Gasteiger partial charge >= 0.3 is 10.3 Å². The zero-order valence-electron chi connectivity index (χ0n) is 23.5. The molecular weight excluding hydrogens is 633 g/mol. The van der Waals surface area contributed by atoms with Crippen molar-refractivity contribution in [3.8, 4) is 12.3 Å². The van der Waals surface area contributed by atoms with E-state index in [1.165, 1.54) is 15.3 Å². The first-order chi connectivity index (χ1) is 20.9. The highest BCUT2D eigenvalue weighted by atomic mass is 32.2. The summed E-state index contributed by atoms with van der Waals surface area (Å²) >= 11 is 1.03. The summed E-state index contributed by atoms with van der Waals surface area (Å²) < 4.78 is 67.8. The van der Waals surface area contributed by atoms with E-state index in [9.17, 15) is 31.0 Å². The minimum absolute atomic E-state index is 0.0110. The second-order valence-corrected chi connectivity index (χ2v) is 15.1. The van der Waals surface area contributed by atoms with Crippen LogP contribution in [0.4, 0.5) is 0 Å². The van der Waals surface area contributed by atoms with Crippen LogP contribution in [0.15, 0.2) is 29.3 Å². The molecule has 2 saturated heterocycles. The number of thiazole rings is 1. The molecule has 2 amide bonds. The largest absolute Gasteiger partial charge is 0.378 e. The smallest absolute Gasteiger partial charge is 0.336 e. The quantitative estimate of drug-likeness (QED) is 0.282. The van der Waals surface area contributed by atoms with Crippen LogP contribution in [0, 0.1) is 12.3 Å². The van der Waals surface area contributed by atoms with Gasteiger partial charge in [0.15, 0.2) is 5.01 Å². The molecule has 1 aromatic carbocycles. The summed E-state index contributed by atoms with van der Waals surface area (Å²) in [6.07, 6.45) is 5.63. The van der Waals surface area contributed by atoms with E-state index in [4.69, 9.17) is 11.2 Å². The molecule has 17 heteroatoms. The standard InChI is InChI=1S/C27H30N6O8S3/c1-2-18-3-4-21-19(13-18)14-24(28-21)43(36,37)31-7-8-33(20(16-31)15-25(34)30-9-11-41-12-10-30)27(35)26-29-22-5-6-32(44(38,39)40)17-23(22)42-26/h1,3-4,13-14,20,28H,5-12,15-17H2,(H,38,39,40). The molecule has 44 heavy (non-hydrogen) atoms. The number of aromatic nitrogens is 2. The molecule has 1 unspecified atom stereocenters. The molecule has 3 aromatic rings. The molecule has 0 radical (unpaired) electrons. The van der Waals surface area contributed by atoms with E-state index in [1.54, 1.807) is 23.1 Å². The molecule has 0 spiro atoms. The number of rotatable bonds is 6. The van der Waals surface area contributed by atoms with Crippen LogP contribution in [0.3, 0.4) is 0 Å². The van der Waals surface area contributed by atoms with Crippen LogP contribution < -0.4 is 0 Å². The SMILES string of the molecule is C#Cc1ccc2[nH]c(S(=O)(=O)N3CCN(C(=O)c4nc5c(s4)CN(S(=O)(=O)O)CC5)C(CC(=O)N4CCOCC4)C3)cc2c1. The number of morpholine rings is 1. The average molecular weight is 663 g/mol. The molecule has 0 saturated carbocycles. The van der Waals surface area contributed by atoms with Gasteiger partial charge in [-0.05, 0) is 24.3 Å². The number of benzene rings is 1. The predicted molar refractivity (Wildman–Crippen MR) is 160 cm³/mol. The van der Waals surface area contributed by atoms with Crippen molar-refractivity contribution in [3.05, 3.63) is 45.4 Å². The lowest BCUT2D eigenvalue weighted by Gasteiger charge is -2.41. The van der Waals surface area contributed by atoms with E-state index in [-0.39, 0.29) is 61.5 Å². The highest BCUT2D eigenvalue weighted by Gasteiger charge is 2.40. The van der Waals surface area contributed by atoms with Gasteiger partial charge in [0, 0.05) is 73.5 Å². The number of aromatic amines is 1. The summed E-state index contributed by atoms with van der Waals surface area (Å²) in [5.41, 5.74) is 1.80. The van der Waals surface area contributed by atoms with E-state index in [0.29, 0.717) is 53.3 Å². The van der Waals surface area contributed by atoms with Crippen LogP contribution >= 0.6 is 11.3 Å². The van der Waals surface area contributed by atoms with Crippen molar-refractivity contribution in [2.24, 2.45) is 0 Å². The fourth-order valence-corrected chi connectivity index (χ4v) is 8.95. The molecule has 6 rings (SSSR count). The Bertz CT molecular complexity index is 1870. The number of terminal acetylenes is 1. The number of hydrogen-bond donors (Lipinski definition) is 2. The average Bonchev–Trinajstić information content (AvgIpc) is 3.65. The number of carbonyl (C=O) groups excluding carboxylic acids is 2. The maximum Gasteiger partial charge on any atom is 0.336 e. The normalized spacial score (nSPS) is 20.4. The van der Waals surface area contributed by atoms with Gasteiger partial charge in [0.1, 0.15) is 5.03 Å². The maximum absolute atomic E-state index is 13.8. The number of fused-ring (bicyclic) bond motifs is 2. The summed E-state index contributed by atoms with van der Waals surface area (Å²) in [7, 11) is -8.43. The summed E-state index contributed by atoms with van der Waals surface area (Å²) in [5.74, 6) is 1.85. The van der Waals surface area contributed by atoms with Gasteiger partial charge < -0.3 is 19.5 Å². The third-order valence-corrected chi connectivity index (χ3v) is 11.9. The van der Waals surface area contributed by atoms with Crippen molar-refractivity contribution in [3.63, 3.8) is 0 Å². The van der Waals surface area contributed by atoms with Gasteiger partial charge in [-0.3, -0.25) is 14.1 Å². The summed E-state index contributed by atoms with van der Waals surface area (Å²) in [5, 5.41) is 0.745. The molecule has 2 aromatic heterocycles. The Labute approximate surface area is 258 Å². The van der Waals surface area contributed by atoms with E-state index >= 15 is 0 Å². The number of ether oxygens (including phenoxy) is 1. The summed E-state index contributed by atoms with van der Waals surface area (Å²) in [4.78, 5) is 38.2. The third kappa shape index (κ3) is 5.98. The fraction of sp³-hybridized carbons (Fsp3) is 0.444. The van der Waals surface area contributed by atoms with Gasteiger partial charge in [-0.15, -0.1) is 17.8 Å². The minimum atomic E-state index is -4.40. The van der Waals surface area contributed by atoms with Gasteiger partial charge in [-0.25, -0.2) is 13.4 Å². The number of amides is 2. The molecule has 2 N–H and O–H groups in total. The van der Waals surface area contributed by atoms with Crippen molar-refractivity contribution >= 4 is 54.4 Å². The Kier molecular flexibility index (Phi) is 8.26. The van der Waals surface area contributed by atoms with Crippen LogP contribution in [0.1, 0.15) is 32.4 Å². The number of carbonyl (C=O) groups is 2. The van der Waals surface area contributed by atoms with Crippen molar-refractivity contribution in [1.82, 2.24) is 28.4 Å².